The molecule has 7 heteroatoms. The third-order valence-corrected chi connectivity index (χ3v) is 5.66. The molecule has 1 aromatic heterocycles. The first kappa shape index (κ1) is 18.4. The second-order valence-corrected chi connectivity index (χ2v) is 8.22. The second-order valence-electron chi connectivity index (χ2n) is 5.65. The Balaban J connectivity index is 1.76. The van der Waals surface area contributed by atoms with Gasteiger partial charge in [0.2, 0.25) is 0 Å². The van der Waals surface area contributed by atoms with E-state index in [1.165, 1.54) is 0 Å². The van der Waals surface area contributed by atoms with Gasteiger partial charge in [-0.15, -0.1) is 0 Å². The number of nitrogens with zero attached hydrogens (tertiary/aromatic N) is 1. The molecule has 0 aliphatic rings. The van der Waals surface area contributed by atoms with E-state index >= 15 is 0 Å². The lowest BCUT2D eigenvalue weighted by molar-refractivity contribution is 0.301. The van der Waals surface area contributed by atoms with E-state index in [4.69, 9.17) is 4.74 Å². The molecule has 26 heavy (non-hydrogen) atoms. The van der Waals surface area contributed by atoms with Crippen molar-refractivity contribution in [3.05, 3.63) is 82.6 Å². The average molecular weight is 433 g/mol. The molecule has 0 spiro atoms. The molecule has 0 unspecified atom stereocenters. The molecule has 0 atom stereocenters. The van der Waals surface area contributed by atoms with Gasteiger partial charge in [-0.1, -0.05) is 34.1 Å². The van der Waals surface area contributed by atoms with Crippen molar-refractivity contribution in [2.24, 2.45) is 0 Å². The molecule has 0 aliphatic heterocycles. The van der Waals surface area contributed by atoms with E-state index in [2.05, 4.69) is 25.6 Å². The third kappa shape index (κ3) is 4.62. The largest absolute Gasteiger partial charge is 0.487 e. The van der Waals surface area contributed by atoms with Crippen molar-refractivity contribution < 1.29 is 13.2 Å². The van der Waals surface area contributed by atoms with Crippen molar-refractivity contribution in [2.75, 3.05) is 4.72 Å². The maximum atomic E-state index is 12.7. The van der Waals surface area contributed by atoms with Crippen molar-refractivity contribution >= 4 is 31.6 Å². The molecule has 0 saturated heterocycles. The van der Waals surface area contributed by atoms with E-state index in [-0.39, 0.29) is 4.90 Å². The molecule has 5 nitrogen and oxygen atoms in total. The highest BCUT2D eigenvalue weighted by Crippen LogP contribution is 2.25. The summed E-state index contributed by atoms with van der Waals surface area (Å²) in [6, 6.07) is 17.6. The summed E-state index contributed by atoms with van der Waals surface area (Å²) >= 11 is 3.31. The van der Waals surface area contributed by atoms with E-state index in [0.717, 1.165) is 5.69 Å². The van der Waals surface area contributed by atoms with Gasteiger partial charge in [-0.2, -0.15) is 0 Å². The highest BCUT2D eigenvalue weighted by Gasteiger charge is 2.17. The van der Waals surface area contributed by atoms with Crippen LogP contribution in [0.2, 0.25) is 0 Å². The Morgan fingerprint density at radius 2 is 1.92 bits per heavy atom. The molecule has 1 heterocycles. The highest BCUT2D eigenvalue weighted by molar-refractivity contribution is 9.10. The number of benzene rings is 2. The molecule has 3 rings (SSSR count). The molecule has 1 N–H and O–H groups in total. The number of aromatic nitrogens is 1. The van der Waals surface area contributed by atoms with Crippen LogP contribution in [0.1, 0.15) is 11.3 Å². The minimum Gasteiger partial charge on any atom is -0.487 e. The quantitative estimate of drug-likeness (QED) is 0.620. The monoisotopic (exact) mass is 432 g/mol. The first-order valence-corrected chi connectivity index (χ1v) is 10.1. The number of hydrogen-bond donors (Lipinski definition) is 1. The molecular weight excluding hydrogens is 416 g/mol. The van der Waals surface area contributed by atoms with Crippen LogP contribution in [-0.4, -0.2) is 13.4 Å². The van der Waals surface area contributed by atoms with Gasteiger partial charge in [0.05, 0.1) is 16.3 Å². The average Bonchev–Trinajstić information content (AvgIpc) is 2.63. The minimum absolute atomic E-state index is 0.228. The van der Waals surface area contributed by atoms with Crippen LogP contribution in [0.15, 0.2) is 76.2 Å². The summed E-state index contributed by atoms with van der Waals surface area (Å²) in [5.74, 6) is 0.557. The number of nitrogens with one attached hydrogen (secondary N) is 1. The molecule has 0 bridgehead atoms. The molecule has 3 aromatic rings. The first-order valence-electron chi connectivity index (χ1n) is 7.86. The van der Waals surface area contributed by atoms with Gasteiger partial charge in [0, 0.05) is 16.7 Å². The Kier molecular flexibility index (Phi) is 5.58. The van der Waals surface area contributed by atoms with Crippen LogP contribution < -0.4 is 9.46 Å². The molecule has 0 aliphatic carbocycles. The summed E-state index contributed by atoms with van der Waals surface area (Å²) in [7, 11) is -3.70. The van der Waals surface area contributed by atoms with Crippen molar-refractivity contribution in [1.29, 1.82) is 0 Å². The molecular formula is C19H17BrN2O3S. The van der Waals surface area contributed by atoms with E-state index in [1.54, 1.807) is 55.6 Å². The maximum Gasteiger partial charge on any atom is 0.262 e. The summed E-state index contributed by atoms with van der Waals surface area (Å²) in [5.41, 5.74) is 1.90. The van der Waals surface area contributed by atoms with Gasteiger partial charge in [0.15, 0.2) is 0 Å². The molecule has 134 valence electrons. The van der Waals surface area contributed by atoms with E-state index in [0.29, 0.717) is 28.1 Å². The number of anilines is 1. The fourth-order valence-corrected chi connectivity index (χ4v) is 4.20. The van der Waals surface area contributed by atoms with Crippen LogP contribution in [-0.2, 0) is 16.6 Å². The van der Waals surface area contributed by atoms with Crippen LogP contribution in [0.3, 0.4) is 0 Å². The Bertz CT molecular complexity index is 1010. The van der Waals surface area contributed by atoms with Crippen LogP contribution in [0.4, 0.5) is 5.69 Å². The normalized spacial score (nSPS) is 11.2. The third-order valence-electron chi connectivity index (χ3n) is 3.64. The lowest BCUT2D eigenvalue weighted by Crippen LogP contribution is -2.14. The zero-order chi connectivity index (χ0) is 18.6. The molecule has 0 saturated carbocycles. The highest BCUT2D eigenvalue weighted by atomic mass is 79.9. The molecule has 0 radical (unpaired) electrons. The van der Waals surface area contributed by atoms with Crippen LogP contribution >= 0.6 is 15.9 Å². The predicted octanol–water partition coefficient (Wildman–Crippen LogP) is 4.53. The number of sulfonamides is 1. The van der Waals surface area contributed by atoms with E-state index in [1.807, 2.05) is 18.2 Å². The number of rotatable bonds is 6. The van der Waals surface area contributed by atoms with Crippen LogP contribution in [0.25, 0.3) is 0 Å². The Morgan fingerprint density at radius 3 is 2.69 bits per heavy atom. The van der Waals surface area contributed by atoms with Gasteiger partial charge in [0.25, 0.3) is 10.0 Å². The SMILES string of the molecule is Cc1ccc(Br)cc1S(=O)(=O)Nc1cccc(OCc2ccccn2)c1. The number of aryl methyl sites for hydroxylation is 1. The fourth-order valence-electron chi connectivity index (χ4n) is 2.36. The van der Waals surface area contributed by atoms with Crippen molar-refractivity contribution in [1.82, 2.24) is 4.98 Å². The number of ether oxygens (including phenoxy) is 1. The number of hydrogen-bond acceptors (Lipinski definition) is 4. The van der Waals surface area contributed by atoms with Gasteiger partial charge in [-0.25, -0.2) is 8.42 Å². The van der Waals surface area contributed by atoms with E-state index < -0.39 is 10.0 Å². The zero-order valence-electron chi connectivity index (χ0n) is 14.0. The smallest absolute Gasteiger partial charge is 0.262 e. The summed E-state index contributed by atoms with van der Waals surface area (Å²) in [6.07, 6.45) is 1.70. The lowest BCUT2D eigenvalue weighted by Gasteiger charge is -2.12. The first-order chi connectivity index (χ1) is 12.4. The molecule has 0 fully saturated rings. The van der Waals surface area contributed by atoms with E-state index in [9.17, 15) is 8.42 Å². The summed E-state index contributed by atoms with van der Waals surface area (Å²) in [6.45, 7) is 2.06. The van der Waals surface area contributed by atoms with Crippen LogP contribution in [0, 0.1) is 6.92 Å². The molecule has 0 amide bonds. The fraction of sp³-hybridized carbons (Fsp3) is 0.105. The van der Waals surface area contributed by atoms with Gasteiger partial charge < -0.3 is 4.74 Å². The van der Waals surface area contributed by atoms with Gasteiger partial charge in [0.1, 0.15) is 12.4 Å². The summed E-state index contributed by atoms with van der Waals surface area (Å²) in [4.78, 5) is 4.42. The van der Waals surface area contributed by atoms with Gasteiger partial charge >= 0.3 is 0 Å². The minimum atomic E-state index is -3.70. The summed E-state index contributed by atoms with van der Waals surface area (Å²) < 4.78 is 34.4. The van der Waals surface area contributed by atoms with Crippen molar-refractivity contribution in [2.45, 2.75) is 18.4 Å². The zero-order valence-corrected chi connectivity index (χ0v) is 16.4. The number of halogens is 1. The molecule has 2 aromatic carbocycles. The lowest BCUT2D eigenvalue weighted by atomic mass is 10.2. The predicted molar refractivity (Wildman–Crippen MR) is 105 cm³/mol. The van der Waals surface area contributed by atoms with Crippen molar-refractivity contribution in [3.8, 4) is 5.75 Å². The Labute approximate surface area is 161 Å². The Hall–Kier alpha value is -2.38. The van der Waals surface area contributed by atoms with Gasteiger partial charge in [-0.05, 0) is 48.9 Å². The Morgan fingerprint density at radius 1 is 1.08 bits per heavy atom. The van der Waals surface area contributed by atoms with Crippen LogP contribution in [0.5, 0.6) is 5.75 Å². The standard InChI is InChI=1S/C19H17BrN2O3S/c1-14-8-9-15(20)11-19(14)26(23,24)22-16-6-4-7-18(12-16)25-13-17-5-2-3-10-21-17/h2-12,22H,13H2,1H3. The van der Waals surface area contributed by atoms with Crippen molar-refractivity contribution in [3.63, 3.8) is 0 Å². The van der Waals surface area contributed by atoms with Gasteiger partial charge in [-0.3, -0.25) is 9.71 Å². The topological polar surface area (TPSA) is 68.3 Å². The maximum absolute atomic E-state index is 12.7. The summed E-state index contributed by atoms with van der Waals surface area (Å²) in [5, 5.41) is 0. The second kappa shape index (κ2) is 7.88. The number of pyridine rings is 1.